The molecule has 25 heavy (non-hydrogen) atoms. The van der Waals surface area contributed by atoms with E-state index in [2.05, 4.69) is 26.1 Å². The van der Waals surface area contributed by atoms with Gasteiger partial charge in [-0.3, -0.25) is 9.59 Å². The summed E-state index contributed by atoms with van der Waals surface area (Å²) in [6.07, 6.45) is 0. The first-order valence-electron chi connectivity index (χ1n) is 7.78. The maximum Gasteiger partial charge on any atom is 0.239 e. The average Bonchev–Trinajstić information content (AvgIpc) is 3.00. The minimum atomic E-state index is -0.216. The Morgan fingerprint density at radius 3 is 2.56 bits per heavy atom. The molecule has 134 valence electrons. The summed E-state index contributed by atoms with van der Waals surface area (Å²) in [6, 6.07) is 8.02. The van der Waals surface area contributed by atoms with E-state index in [0.717, 1.165) is 5.69 Å². The Kier molecular flexibility index (Phi) is 7.20. The summed E-state index contributed by atoms with van der Waals surface area (Å²) in [5, 5.41) is 17.2. The first kappa shape index (κ1) is 19.2. The number of aryl methyl sites for hydroxylation is 1. The molecule has 0 unspecified atom stereocenters. The molecule has 2 aromatic rings. The second kappa shape index (κ2) is 9.38. The minimum absolute atomic E-state index is 0.0199. The van der Waals surface area contributed by atoms with Crippen LogP contribution in [0.25, 0.3) is 0 Å². The number of carbonyl (C=O) groups excluding carboxylic acids is 2. The molecule has 0 spiro atoms. The average molecular weight is 380 g/mol. The summed E-state index contributed by atoms with van der Waals surface area (Å²) in [4.78, 5) is 23.2. The number of hydrogen-bond acceptors (Lipinski definition) is 7. The fraction of sp³-hybridized carbons (Fsp3) is 0.375. The van der Waals surface area contributed by atoms with Gasteiger partial charge in [-0.15, -0.1) is 10.2 Å². The fourth-order valence-corrected chi connectivity index (χ4v) is 3.41. The Morgan fingerprint density at radius 1 is 1.16 bits per heavy atom. The van der Waals surface area contributed by atoms with Gasteiger partial charge >= 0.3 is 0 Å². The van der Waals surface area contributed by atoms with E-state index < -0.39 is 0 Å². The zero-order valence-electron chi connectivity index (χ0n) is 14.3. The molecule has 0 aliphatic rings. The lowest BCUT2D eigenvalue weighted by Crippen LogP contribution is -2.40. The first-order chi connectivity index (χ1) is 11.9. The molecule has 2 rings (SSSR count). The number of anilines is 2. The predicted molar refractivity (Wildman–Crippen MR) is 101 cm³/mol. The van der Waals surface area contributed by atoms with Crippen molar-refractivity contribution in [2.75, 3.05) is 17.6 Å². The normalized spacial score (nSPS) is 10.6. The number of nitrogens with one attached hydrogen (secondary N) is 3. The van der Waals surface area contributed by atoms with Crippen LogP contribution >= 0.6 is 23.1 Å². The number of hydrogen-bond donors (Lipinski definition) is 3. The molecule has 0 fully saturated rings. The van der Waals surface area contributed by atoms with E-state index in [-0.39, 0.29) is 30.2 Å². The lowest BCUT2D eigenvalue weighted by molar-refractivity contribution is -0.125. The highest BCUT2D eigenvalue weighted by Crippen LogP contribution is 2.27. The molecule has 0 bridgehead atoms. The van der Waals surface area contributed by atoms with E-state index in [1.165, 1.54) is 28.7 Å². The van der Waals surface area contributed by atoms with Crippen LogP contribution in [0.4, 0.5) is 10.8 Å². The van der Waals surface area contributed by atoms with Crippen molar-refractivity contribution in [3.05, 3.63) is 29.8 Å². The number of rotatable bonds is 8. The van der Waals surface area contributed by atoms with E-state index >= 15 is 0 Å². The van der Waals surface area contributed by atoms with Gasteiger partial charge in [0.15, 0.2) is 4.34 Å². The topological polar surface area (TPSA) is 96.0 Å². The number of nitrogens with zero attached hydrogens (tertiary/aromatic N) is 2. The van der Waals surface area contributed by atoms with E-state index in [9.17, 15) is 9.59 Å². The van der Waals surface area contributed by atoms with E-state index in [4.69, 9.17) is 0 Å². The summed E-state index contributed by atoms with van der Waals surface area (Å²) in [7, 11) is 0. The Labute approximate surface area is 155 Å². The SMILES string of the molecule is Cc1ccc(Nc2nnc(SCC(=O)NCC(=O)NC(C)C)s2)cc1. The van der Waals surface area contributed by atoms with Gasteiger partial charge in [0, 0.05) is 11.7 Å². The van der Waals surface area contributed by atoms with Crippen molar-refractivity contribution in [1.82, 2.24) is 20.8 Å². The molecular formula is C16H21N5O2S2. The molecule has 0 saturated heterocycles. The molecule has 0 radical (unpaired) electrons. The van der Waals surface area contributed by atoms with E-state index in [1.807, 2.05) is 45.0 Å². The monoisotopic (exact) mass is 379 g/mol. The van der Waals surface area contributed by atoms with Crippen molar-refractivity contribution in [2.45, 2.75) is 31.2 Å². The lowest BCUT2D eigenvalue weighted by Gasteiger charge is -2.08. The molecule has 7 nitrogen and oxygen atoms in total. The van der Waals surface area contributed by atoms with Crippen molar-refractivity contribution < 1.29 is 9.59 Å². The van der Waals surface area contributed by atoms with Crippen LogP contribution in [-0.2, 0) is 9.59 Å². The van der Waals surface area contributed by atoms with Gasteiger partial charge < -0.3 is 16.0 Å². The minimum Gasteiger partial charge on any atom is -0.352 e. The summed E-state index contributed by atoms with van der Waals surface area (Å²) >= 11 is 2.67. The van der Waals surface area contributed by atoms with Crippen molar-refractivity contribution in [3.63, 3.8) is 0 Å². The lowest BCUT2D eigenvalue weighted by atomic mass is 10.2. The Morgan fingerprint density at radius 2 is 1.88 bits per heavy atom. The number of amides is 2. The fourth-order valence-electron chi connectivity index (χ4n) is 1.81. The Balaban J connectivity index is 1.74. The summed E-state index contributed by atoms with van der Waals surface area (Å²) < 4.78 is 0.691. The molecule has 0 aliphatic heterocycles. The van der Waals surface area contributed by atoms with Crippen LogP contribution < -0.4 is 16.0 Å². The van der Waals surface area contributed by atoms with Crippen LogP contribution in [0.3, 0.4) is 0 Å². The smallest absolute Gasteiger partial charge is 0.239 e. The van der Waals surface area contributed by atoms with Crippen molar-refractivity contribution in [1.29, 1.82) is 0 Å². The van der Waals surface area contributed by atoms with Gasteiger partial charge in [0.25, 0.3) is 0 Å². The van der Waals surface area contributed by atoms with Gasteiger partial charge in [0.2, 0.25) is 16.9 Å². The first-order valence-corrected chi connectivity index (χ1v) is 9.58. The highest BCUT2D eigenvalue weighted by molar-refractivity contribution is 8.01. The maximum absolute atomic E-state index is 11.8. The number of carbonyl (C=O) groups is 2. The summed E-state index contributed by atoms with van der Waals surface area (Å²) in [5.41, 5.74) is 2.12. The van der Waals surface area contributed by atoms with Crippen LogP contribution in [-0.4, -0.2) is 40.4 Å². The molecule has 1 aromatic carbocycles. The molecule has 2 amide bonds. The van der Waals surface area contributed by atoms with Crippen LogP contribution in [0.5, 0.6) is 0 Å². The maximum atomic E-state index is 11.8. The second-order valence-electron chi connectivity index (χ2n) is 5.65. The van der Waals surface area contributed by atoms with Crippen LogP contribution in [0.2, 0.25) is 0 Å². The van der Waals surface area contributed by atoms with Gasteiger partial charge in [-0.05, 0) is 32.9 Å². The van der Waals surface area contributed by atoms with Gasteiger partial charge in [0.1, 0.15) is 0 Å². The molecule has 0 aliphatic carbocycles. The Bertz CT molecular complexity index is 716. The van der Waals surface area contributed by atoms with Crippen molar-refractivity contribution in [2.24, 2.45) is 0 Å². The second-order valence-corrected chi connectivity index (χ2v) is 7.85. The third-order valence-electron chi connectivity index (χ3n) is 2.93. The van der Waals surface area contributed by atoms with E-state index in [1.54, 1.807) is 0 Å². The Hall–Kier alpha value is -2.13. The molecule has 0 saturated carbocycles. The zero-order chi connectivity index (χ0) is 18.2. The quantitative estimate of drug-likeness (QED) is 0.609. The number of thioether (sulfide) groups is 1. The third kappa shape index (κ3) is 7.10. The van der Waals surface area contributed by atoms with Crippen molar-refractivity contribution in [3.8, 4) is 0 Å². The molecule has 1 aromatic heterocycles. The molecular weight excluding hydrogens is 358 g/mol. The molecule has 3 N–H and O–H groups in total. The molecule has 0 atom stereocenters. The number of aromatic nitrogens is 2. The van der Waals surface area contributed by atoms with E-state index in [0.29, 0.717) is 9.47 Å². The zero-order valence-corrected chi connectivity index (χ0v) is 16.0. The largest absolute Gasteiger partial charge is 0.352 e. The van der Waals surface area contributed by atoms with Crippen LogP contribution in [0.15, 0.2) is 28.6 Å². The summed E-state index contributed by atoms with van der Waals surface area (Å²) in [6.45, 7) is 5.75. The number of benzene rings is 1. The van der Waals surface area contributed by atoms with Crippen LogP contribution in [0.1, 0.15) is 19.4 Å². The van der Waals surface area contributed by atoms with Gasteiger partial charge in [-0.2, -0.15) is 0 Å². The van der Waals surface area contributed by atoms with Gasteiger partial charge in [-0.25, -0.2) is 0 Å². The molecule has 9 heteroatoms. The molecule has 1 heterocycles. The van der Waals surface area contributed by atoms with Gasteiger partial charge in [0.05, 0.1) is 12.3 Å². The predicted octanol–water partition coefficient (Wildman–Crippen LogP) is 2.32. The summed E-state index contributed by atoms with van der Waals surface area (Å²) in [5.74, 6) is -0.227. The highest BCUT2D eigenvalue weighted by Gasteiger charge is 2.10. The van der Waals surface area contributed by atoms with Crippen molar-refractivity contribution >= 4 is 45.7 Å². The third-order valence-corrected chi connectivity index (χ3v) is 4.90. The standard InChI is InChI=1S/C16H21N5O2S2/c1-10(2)18-13(22)8-17-14(23)9-24-16-21-20-15(25-16)19-12-6-4-11(3)5-7-12/h4-7,10H,8-9H2,1-3H3,(H,17,23)(H,18,22)(H,19,20). The highest BCUT2D eigenvalue weighted by atomic mass is 32.2. The van der Waals surface area contributed by atoms with Gasteiger partial charge in [-0.1, -0.05) is 40.8 Å². The van der Waals surface area contributed by atoms with Crippen LogP contribution in [0, 0.1) is 6.92 Å².